The topological polar surface area (TPSA) is 29.1 Å². The maximum atomic E-state index is 12.3. The van der Waals surface area contributed by atoms with Crippen LogP contribution in [0, 0.1) is 13.8 Å². The molecule has 1 aliphatic rings. The number of rotatable bonds is 2. The summed E-state index contributed by atoms with van der Waals surface area (Å²) in [6.07, 6.45) is 7.40. The van der Waals surface area contributed by atoms with Crippen molar-refractivity contribution in [1.29, 1.82) is 0 Å². The van der Waals surface area contributed by atoms with Gasteiger partial charge >= 0.3 is 0 Å². The van der Waals surface area contributed by atoms with Crippen molar-refractivity contribution >= 4 is 5.91 Å². The molecule has 1 saturated carbocycles. The quantitative estimate of drug-likeness (QED) is 0.790. The Morgan fingerprint density at radius 2 is 1.78 bits per heavy atom. The van der Waals surface area contributed by atoms with Gasteiger partial charge in [-0.25, -0.2) is 0 Å². The normalized spacial score (nSPS) is 17.2. The van der Waals surface area contributed by atoms with Gasteiger partial charge in [0, 0.05) is 11.6 Å². The van der Waals surface area contributed by atoms with Crippen LogP contribution in [-0.2, 0) is 0 Å². The predicted octanol–water partition coefficient (Wildman–Crippen LogP) is 3.76. The van der Waals surface area contributed by atoms with Crippen LogP contribution in [0.2, 0.25) is 0 Å². The highest BCUT2D eigenvalue weighted by Gasteiger charge is 2.16. The average Bonchev–Trinajstić information content (AvgIpc) is 2.61. The molecule has 1 amide bonds. The van der Waals surface area contributed by atoms with Crippen LogP contribution in [0.5, 0.6) is 0 Å². The summed E-state index contributed by atoms with van der Waals surface area (Å²) in [5, 5.41) is 3.20. The Hall–Kier alpha value is -1.31. The summed E-state index contributed by atoms with van der Waals surface area (Å²) < 4.78 is 0. The summed E-state index contributed by atoms with van der Waals surface area (Å²) in [5.74, 6) is 0.100. The van der Waals surface area contributed by atoms with E-state index in [0.29, 0.717) is 6.04 Å². The molecular weight excluding hydrogens is 222 g/mol. The molecule has 1 fully saturated rings. The molecule has 2 nitrogen and oxygen atoms in total. The molecular formula is C16H23NO. The smallest absolute Gasteiger partial charge is 0.251 e. The van der Waals surface area contributed by atoms with Gasteiger partial charge in [0.1, 0.15) is 0 Å². The molecule has 0 bridgehead atoms. The van der Waals surface area contributed by atoms with E-state index in [2.05, 4.69) is 11.4 Å². The van der Waals surface area contributed by atoms with Crippen molar-refractivity contribution in [1.82, 2.24) is 5.32 Å². The first-order valence-electron chi connectivity index (χ1n) is 7.05. The molecule has 98 valence electrons. The number of benzene rings is 1. The summed E-state index contributed by atoms with van der Waals surface area (Å²) >= 11 is 0. The van der Waals surface area contributed by atoms with Crippen LogP contribution in [0.15, 0.2) is 18.2 Å². The van der Waals surface area contributed by atoms with E-state index in [0.717, 1.165) is 29.5 Å². The third-order valence-corrected chi connectivity index (χ3v) is 3.83. The highest BCUT2D eigenvalue weighted by molar-refractivity contribution is 5.96. The molecule has 0 heterocycles. The first kappa shape index (κ1) is 13.1. The monoisotopic (exact) mass is 245 g/mol. The molecule has 2 heteroatoms. The lowest BCUT2D eigenvalue weighted by Crippen LogP contribution is -2.34. The van der Waals surface area contributed by atoms with Gasteiger partial charge in [-0.2, -0.15) is 0 Å². The molecule has 1 aromatic carbocycles. The van der Waals surface area contributed by atoms with E-state index in [1.54, 1.807) is 0 Å². The zero-order valence-electron chi connectivity index (χ0n) is 11.5. The fourth-order valence-corrected chi connectivity index (χ4v) is 2.67. The second-order valence-electron chi connectivity index (χ2n) is 5.48. The summed E-state index contributed by atoms with van der Waals surface area (Å²) in [6.45, 7) is 4.03. The van der Waals surface area contributed by atoms with Crippen LogP contribution < -0.4 is 5.32 Å². The molecule has 0 radical (unpaired) electrons. The zero-order chi connectivity index (χ0) is 13.0. The van der Waals surface area contributed by atoms with Gasteiger partial charge in [0.05, 0.1) is 0 Å². The maximum Gasteiger partial charge on any atom is 0.251 e. The predicted molar refractivity (Wildman–Crippen MR) is 74.9 cm³/mol. The molecule has 18 heavy (non-hydrogen) atoms. The molecule has 1 aliphatic carbocycles. The van der Waals surface area contributed by atoms with Crippen LogP contribution in [0.3, 0.4) is 0 Å². The van der Waals surface area contributed by atoms with E-state index in [4.69, 9.17) is 0 Å². The van der Waals surface area contributed by atoms with Gasteiger partial charge < -0.3 is 5.32 Å². The van der Waals surface area contributed by atoms with Crippen molar-refractivity contribution in [2.24, 2.45) is 0 Å². The van der Waals surface area contributed by atoms with Crippen molar-refractivity contribution in [3.8, 4) is 0 Å². The fourth-order valence-electron chi connectivity index (χ4n) is 2.67. The van der Waals surface area contributed by atoms with Crippen molar-refractivity contribution in [2.75, 3.05) is 0 Å². The first-order chi connectivity index (χ1) is 8.66. The summed E-state index contributed by atoms with van der Waals surface area (Å²) in [5.41, 5.74) is 3.04. The number of aryl methyl sites for hydroxylation is 2. The van der Waals surface area contributed by atoms with Gasteiger partial charge in [-0.1, -0.05) is 43.4 Å². The van der Waals surface area contributed by atoms with Crippen molar-refractivity contribution in [3.63, 3.8) is 0 Å². The van der Waals surface area contributed by atoms with Crippen molar-refractivity contribution in [2.45, 2.75) is 58.4 Å². The molecule has 0 atom stereocenters. The van der Waals surface area contributed by atoms with Crippen LogP contribution in [0.4, 0.5) is 0 Å². The number of hydrogen-bond acceptors (Lipinski definition) is 1. The average molecular weight is 245 g/mol. The molecule has 0 aliphatic heterocycles. The second kappa shape index (κ2) is 6.03. The lowest BCUT2D eigenvalue weighted by molar-refractivity contribution is 0.0932. The third kappa shape index (κ3) is 3.34. The highest BCUT2D eigenvalue weighted by Crippen LogP contribution is 2.18. The third-order valence-electron chi connectivity index (χ3n) is 3.83. The molecule has 0 saturated heterocycles. The van der Waals surface area contributed by atoms with E-state index in [9.17, 15) is 4.79 Å². The second-order valence-corrected chi connectivity index (χ2v) is 5.48. The van der Waals surface area contributed by atoms with E-state index in [1.165, 1.54) is 25.7 Å². The van der Waals surface area contributed by atoms with Gasteiger partial charge in [0.25, 0.3) is 5.91 Å². The van der Waals surface area contributed by atoms with Crippen molar-refractivity contribution in [3.05, 3.63) is 34.9 Å². The number of carbonyl (C=O) groups is 1. The van der Waals surface area contributed by atoms with Gasteiger partial charge in [-0.3, -0.25) is 4.79 Å². The van der Waals surface area contributed by atoms with Crippen molar-refractivity contribution < 1.29 is 4.79 Å². The minimum Gasteiger partial charge on any atom is -0.349 e. The molecule has 1 aromatic rings. The van der Waals surface area contributed by atoms with Crippen LogP contribution in [0.1, 0.15) is 60.0 Å². The Kier molecular flexibility index (Phi) is 4.40. The van der Waals surface area contributed by atoms with Gasteiger partial charge in [-0.05, 0) is 38.3 Å². The highest BCUT2D eigenvalue weighted by atomic mass is 16.1. The number of nitrogens with one attached hydrogen (secondary N) is 1. The van der Waals surface area contributed by atoms with Gasteiger partial charge in [0.2, 0.25) is 0 Å². The van der Waals surface area contributed by atoms with E-state index in [-0.39, 0.29) is 5.91 Å². The Morgan fingerprint density at radius 3 is 2.44 bits per heavy atom. The van der Waals surface area contributed by atoms with Gasteiger partial charge in [0.15, 0.2) is 0 Å². The number of carbonyl (C=O) groups excluding carboxylic acids is 1. The zero-order valence-corrected chi connectivity index (χ0v) is 11.5. The largest absolute Gasteiger partial charge is 0.349 e. The lowest BCUT2D eigenvalue weighted by atomic mass is 10.0. The van der Waals surface area contributed by atoms with E-state index < -0.39 is 0 Å². The molecule has 0 unspecified atom stereocenters. The first-order valence-corrected chi connectivity index (χ1v) is 7.05. The Balaban J connectivity index is 2.04. The lowest BCUT2D eigenvalue weighted by Gasteiger charge is -2.17. The fraction of sp³-hybridized carbons (Fsp3) is 0.562. The molecule has 0 aromatic heterocycles. The Labute approximate surface area is 110 Å². The molecule has 2 rings (SSSR count). The van der Waals surface area contributed by atoms with Crippen LogP contribution >= 0.6 is 0 Å². The molecule has 1 N–H and O–H groups in total. The summed E-state index contributed by atoms with van der Waals surface area (Å²) in [4.78, 5) is 12.3. The minimum absolute atomic E-state index is 0.100. The maximum absolute atomic E-state index is 12.3. The van der Waals surface area contributed by atoms with E-state index >= 15 is 0 Å². The number of amides is 1. The van der Waals surface area contributed by atoms with E-state index in [1.807, 2.05) is 26.0 Å². The SMILES string of the molecule is Cc1ccc(C)c(C(=O)NC2CCCCCC2)c1. The minimum atomic E-state index is 0.100. The Morgan fingerprint density at radius 1 is 1.11 bits per heavy atom. The van der Waals surface area contributed by atoms with Crippen LogP contribution in [-0.4, -0.2) is 11.9 Å². The summed E-state index contributed by atoms with van der Waals surface area (Å²) in [6, 6.07) is 6.44. The molecule has 0 spiro atoms. The number of hydrogen-bond donors (Lipinski definition) is 1. The van der Waals surface area contributed by atoms with Gasteiger partial charge in [-0.15, -0.1) is 0 Å². The standard InChI is InChI=1S/C16H23NO/c1-12-9-10-13(2)15(11-12)16(18)17-14-7-5-3-4-6-8-14/h9-11,14H,3-8H2,1-2H3,(H,17,18). The Bertz CT molecular complexity index is 417. The summed E-state index contributed by atoms with van der Waals surface area (Å²) in [7, 11) is 0. The van der Waals surface area contributed by atoms with Crippen LogP contribution in [0.25, 0.3) is 0 Å².